The third-order valence-electron chi connectivity index (χ3n) is 3.25. The van der Waals surface area contributed by atoms with E-state index in [-0.39, 0.29) is 17.1 Å². The van der Waals surface area contributed by atoms with E-state index in [1.165, 1.54) is 0 Å². The Labute approximate surface area is 130 Å². The lowest BCUT2D eigenvalue weighted by Crippen LogP contribution is -2.47. The highest BCUT2D eigenvalue weighted by molar-refractivity contribution is 8.00. The molecule has 118 valence electrons. The van der Waals surface area contributed by atoms with Gasteiger partial charge in [0.15, 0.2) is 0 Å². The first-order chi connectivity index (χ1) is 9.78. The van der Waals surface area contributed by atoms with Crippen molar-refractivity contribution in [1.82, 2.24) is 4.31 Å². The molecule has 1 fully saturated rings. The van der Waals surface area contributed by atoms with E-state index in [2.05, 4.69) is 13.8 Å². The molecule has 0 atom stereocenters. The molecule has 5 nitrogen and oxygen atoms in total. The van der Waals surface area contributed by atoms with Crippen molar-refractivity contribution in [3.8, 4) is 5.75 Å². The Bertz CT molecular complexity index is 588. The topological polar surface area (TPSA) is 72.6 Å². The molecule has 1 saturated heterocycles. The molecule has 2 N–H and O–H groups in total. The molecule has 1 heterocycles. The number of sulfonamides is 1. The van der Waals surface area contributed by atoms with Gasteiger partial charge in [0.1, 0.15) is 12.4 Å². The number of rotatable bonds is 5. The third-order valence-corrected chi connectivity index (χ3v) is 6.33. The normalized spacial score (nSPS) is 19.3. The van der Waals surface area contributed by atoms with Crippen LogP contribution in [0.15, 0.2) is 24.3 Å². The van der Waals surface area contributed by atoms with Crippen LogP contribution >= 0.6 is 11.8 Å². The highest BCUT2D eigenvalue weighted by Crippen LogP contribution is 2.30. The van der Waals surface area contributed by atoms with E-state index in [1.807, 2.05) is 11.8 Å². The van der Waals surface area contributed by atoms with Crippen molar-refractivity contribution in [3.05, 3.63) is 24.3 Å². The van der Waals surface area contributed by atoms with E-state index in [9.17, 15) is 8.42 Å². The summed E-state index contributed by atoms with van der Waals surface area (Å²) < 4.78 is 31.7. The Kier molecular flexibility index (Phi) is 5.06. The van der Waals surface area contributed by atoms with Gasteiger partial charge >= 0.3 is 0 Å². The Balaban J connectivity index is 1.89. The molecule has 2 rings (SSSR count). The minimum Gasteiger partial charge on any atom is -0.492 e. The van der Waals surface area contributed by atoms with E-state index >= 15 is 0 Å². The standard InChI is InChI=1S/C14H22N2O3S2/c1-14(2)11-16(6-8-20-14)21(17,18)9-7-19-13-5-3-4-12(15)10-13/h3-5,10H,6-9,11,15H2,1-2H3. The number of benzene rings is 1. The first-order valence-electron chi connectivity index (χ1n) is 6.89. The van der Waals surface area contributed by atoms with Gasteiger partial charge in [0.2, 0.25) is 10.0 Å². The van der Waals surface area contributed by atoms with Crippen LogP contribution in [0.5, 0.6) is 5.75 Å². The molecule has 0 bridgehead atoms. The van der Waals surface area contributed by atoms with E-state index < -0.39 is 10.0 Å². The van der Waals surface area contributed by atoms with Gasteiger partial charge in [-0.3, -0.25) is 0 Å². The summed E-state index contributed by atoms with van der Waals surface area (Å²) in [6, 6.07) is 7.00. The quantitative estimate of drug-likeness (QED) is 0.834. The van der Waals surface area contributed by atoms with Crippen molar-refractivity contribution in [1.29, 1.82) is 0 Å². The number of nitrogens with zero attached hydrogens (tertiary/aromatic N) is 1. The van der Waals surface area contributed by atoms with Gasteiger partial charge in [0.25, 0.3) is 0 Å². The minimum atomic E-state index is -3.27. The van der Waals surface area contributed by atoms with Gasteiger partial charge < -0.3 is 10.5 Å². The summed E-state index contributed by atoms with van der Waals surface area (Å²) >= 11 is 1.81. The van der Waals surface area contributed by atoms with Gasteiger partial charge in [0.05, 0.1) is 5.75 Å². The minimum absolute atomic E-state index is 0.0114. The third kappa shape index (κ3) is 4.79. The Hall–Kier alpha value is -0.920. The second-order valence-corrected chi connectivity index (χ2v) is 9.57. The average Bonchev–Trinajstić information content (AvgIpc) is 2.37. The maximum atomic E-state index is 12.3. The molecular formula is C14H22N2O3S2. The molecule has 7 heteroatoms. The van der Waals surface area contributed by atoms with Gasteiger partial charge in [0, 0.05) is 35.3 Å². The molecule has 1 aromatic rings. The second-order valence-electron chi connectivity index (χ2n) is 5.68. The molecule has 1 aliphatic heterocycles. The first-order valence-corrected chi connectivity index (χ1v) is 9.48. The van der Waals surface area contributed by atoms with E-state index in [0.29, 0.717) is 24.5 Å². The summed E-state index contributed by atoms with van der Waals surface area (Å²) in [5.41, 5.74) is 6.26. The van der Waals surface area contributed by atoms with Crippen LogP contribution in [-0.4, -0.2) is 48.7 Å². The van der Waals surface area contributed by atoms with Crippen molar-refractivity contribution in [3.63, 3.8) is 0 Å². The average molecular weight is 330 g/mol. The smallest absolute Gasteiger partial charge is 0.217 e. The molecule has 1 aliphatic rings. The van der Waals surface area contributed by atoms with Crippen LogP contribution in [0.4, 0.5) is 5.69 Å². The molecule has 0 spiro atoms. The lowest BCUT2D eigenvalue weighted by Gasteiger charge is -2.36. The summed E-state index contributed by atoms with van der Waals surface area (Å²) in [5, 5.41) is 0. The SMILES string of the molecule is CC1(C)CN(S(=O)(=O)CCOc2cccc(N)c2)CCS1. The number of thioether (sulfide) groups is 1. The first kappa shape index (κ1) is 16.5. The molecule has 21 heavy (non-hydrogen) atoms. The molecule has 0 radical (unpaired) electrons. The van der Waals surface area contributed by atoms with Crippen molar-refractivity contribution < 1.29 is 13.2 Å². The zero-order valence-electron chi connectivity index (χ0n) is 12.4. The van der Waals surface area contributed by atoms with Crippen LogP contribution in [0.1, 0.15) is 13.8 Å². The molecule has 0 amide bonds. The zero-order valence-corrected chi connectivity index (χ0v) is 14.0. The van der Waals surface area contributed by atoms with E-state index in [0.717, 1.165) is 5.75 Å². The summed E-state index contributed by atoms with van der Waals surface area (Å²) in [6.07, 6.45) is 0. The maximum Gasteiger partial charge on any atom is 0.217 e. The molecule has 0 aromatic heterocycles. The molecule has 0 aliphatic carbocycles. The summed E-state index contributed by atoms with van der Waals surface area (Å²) in [7, 11) is -3.27. The lowest BCUT2D eigenvalue weighted by atomic mass is 10.2. The highest BCUT2D eigenvalue weighted by atomic mass is 32.2. The zero-order chi connectivity index (χ0) is 15.5. The number of ether oxygens (including phenoxy) is 1. The van der Waals surface area contributed by atoms with Gasteiger partial charge in [-0.25, -0.2) is 8.42 Å². The number of hydrogen-bond donors (Lipinski definition) is 1. The van der Waals surface area contributed by atoms with Crippen LogP contribution < -0.4 is 10.5 Å². The molecule has 0 unspecified atom stereocenters. The Morgan fingerprint density at radius 2 is 2.19 bits per heavy atom. The van der Waals surface area contributed by atoms with Crippen LogP contribution in [0.2, 0.25) is 0 Å². The van der Waals surface area contributed by atoms with Crippen molar-refractivity contribution in [2.24, 2.45) is 0 Å². The van der Waals surface area contributed by atoms with Gasteiger partial charge in [-0.1, -0.05) is 6.07 Å². The molecule has 0 saturated carbocycles. The fraction of sp³-hybridized carbons (Fsp3) is 0.571. The van der Waals surface area contributed by atoms with Crippen molar-refractivity contribution >= 4 is 27.5 Å². The summed E-state index contributed by atoms with van der Waals surface area (Å²) in [4.78, 5) is 0. The van der Waals surface area contributed by atoms with Crippen LogP contribution in [0, 0.1) is 0 Å². The van der Waals surface area contributed by atoms with Crippen LogP contribution in [0.25, 0.3) is 0 Å². The van der Waals surface area contributed by atoms with Gasteiger partial charge in [-0.2, -0.15) is 16.1 Å². The second kappa shape index (κ2) is 6.46. The highest BCUT2D eigenvalue weighted by Gasteiger charge is 2.33. The number of hydrogen-bond acceptors (Lipinski definition) is 5. The molecular weight excluding hydrogens is 308 g/mol. The van der Waals surface area contributed by atoms with Crippen molar-refractivity contribution in [2.45, 2.75) is 18.6 Å². The Morgan fingerprint density at radius 3 is 2.86 bits per heavy atom. The van der Waals surface area contributed by atoms with E-state index in [1.54, 1.807) is 28.6 Å². The fourth-order valence-corrected chi connectivity index (χ4v) is 4.96. The summed E-state index contributed by atoms with van der Waals surface area (Å²) in [6.45, 7) is 5.41. The largest absolute Gasteiger partial charge is 0.492 e. The predicted molar refractivity (Wildman–Crippen MR) is 88.2 cm³/mol. The number of nitrogen functional groups attached to an aromatic ring is 1. The fourth-order valence-electron chi connectivity index (χ4n) is 2.21. The van der Waals surface area contributed by atoms with Crippen molar-refractivity contribution in [2.75, 3.05) is 36.9 Å². The molecule has 1 aromatic carbocycles. The summed E-state index contributed by atoms with van der Waals surface area (Å²) in [5.74, 6) is 1.42. The van der Waals surface area contributed by atoms with E-state index in [4.69, 9.17) is 10.5 Å². The number of nitrogens with two attached hydrogens (primary N) is 1. The van der Waals surface area contributed by atoms with Gasteiger partial charge in [-0.15, -0.1) is 0 Å². The monoisotopic (exact) mass is 330 g/mol. The number of anilines is 1. The van der Waals surface area contributed by atoms with Crippen LogP contribution in [0.3, 0.4) is 0 Å². The van der Waals surface area contributed by atoms with Crippen LogP contribution in [-0.2, 0) is 10.0 Å². The maximum absolute atomic E-state index is 12.3. The Morgan fingerprint density at radius 1 is 1.43 bits per heavy atom. The van der Waals surface area contributed by atoms with Gasteiger partial charge in [-0.05, 0) is 26.0 Å². The lowest BCUT2D eigenvalue weighted by molar-refractivity contribution is 0.331. The predicted octanol–water partition coefficient (Wildman–Crippen LogP) is 1.80.